The molecular formula is C21H18N2O5S. The van der Waals surface area contributed by atoms with Crippen LogP contribution in [0.4, 0.5) is 0 Å². The first kappa shape index (κ1) is 18.9. The van der Waals surface area contributed by atoms with E-state index in [1.165, 1.54) is 17.6 Å². The fourth-order valence-electron chi connectivity index (χ4n) is 2.69. The SMILES string of the molecule is Cc1noc(C)c1COc1cccc(C(=O)OCc2coc(-c3cccs3)n2)c1. The lowest BCUT2D eigenvalue weighted by Crippen LogP contribution is -2.06. The van der Waals surface area contributed by atoms with Gasteiger partial charge in [-0.15, -0.1) is 11.3 Å². The number of hydrogen-bond acceptors (Lipinski definition) is 8. The van der Waals surface area contributed by atoms with E-state index in [2.05, 4.69) is 10.1 Å². The highest BCUT2D eigenvalue weighted by Gasteiger charge is 2.13. The first-order chi connectivity index (χ1) is 14.1. The van der Waals surface area contributed by atoms with Crippen molar-refractivity contribution in [3.63, 3.8) is 0 Å². The minimum atomic E-state index is -0.464. The number of thiophene rings is 1. The monoisotopic (exact) mass is 410 g/mol. The molecule has 0 saturated heterocycles. The van der Waals surface area contributed by atoms with Gasteiger partial charge in [-0.3, -0.25) is 0 Å². The van der Waals surface area contributed by atoms with Crippen LogP contribution in [0, 0.1) is 13.8 Å². The van der Waals surface area contributed by atoms with E-state index in [1.807, 2.05) is 31.4 Å². The van der Waals surface area contributed by atoms with Crippen molar-refractivity contribution in [2.75, 3.05) is 0 Å². The molecule has 4 aromatic rings. The molecule has 8 heteroatoms. The number of rotatable bonds is 7. The molecule has 0 bridgehead atoms. The summed E-state index contributed by atoms with van der Waals surface area (Å²) >= 11 is 1.53. The molecule has 0 radical (unpaired) electrons. The number of ether oxygens (including phenoxy) is 2. The summed E-state index contributed by atoms with van der Waals surface area (Å²) in [6.07, 6.45) is 1.49. The lowest BCUT2D eigenvalue weighted by atomic mass is 10.2. The van der Waals surface area contributed by atoms with E-state index >= 15 is 0 Å². The standard InChI is InChI=1S/C21H18N2O5S/c1-13-18(14(2)28-23-13)12-25-17-6-3-5-15(9-17)21(24)27-11-16-10-26-20(22-16)19-7-4-8-29-19/h3-10H,11-12H2,1-2H3. The predicted octanol–water partition coefficient (Wildman–Crippen LogP) is 4.94. The van der Waals surface area contributed by atoms with Crippen LogP contribution in [-0.2, 0) is 18.0 Å². The van der Waals surface area contributed by atoms with Gasteiger partial charge in [0, 0.05) is 0 Å². The molecule has 148 valence electrons. The van der Waals surface area contributed by atoms with Gasteiger partial charge >= 0.3 is 5.97 Å². The average Bonchev–Trinajstić information content (AvgIpc) is 3.47. The molecule has 0 aliphatic rings. The molecule has 0 fully saturated rings. The van der Waals surface area contributed by atoms with Gasteiger partial charge in [-0.1, -0.05) is 17.3 Å². The average molecular weight is 410 g/mol. The molecule has 7 nitrogen and oxygen atoms in total. The fourth-order valence-corrected chi connectivity index (χ4v) is 3.34. The summed E-state index contributed by atoms with van der Waals surface area (Å²) in [4.78, 5) is 17.6. The van der Waals surface area contributed by atoms with Crippen molar-refractivity contribution in [2.45, 2.75) is 27.1 Å². The Kier molecular flexibility index (Phi) is 5.44. The maximum Gasteiger partial charge on any atom is 0.338 e. The zero-order valence-electron chi connectivity index (χ0n) is 15.9. The van der Waals surface area contributed by atoms with Crippen molar-refractivity contribution in [3.05, 3.63) is 76.3 Å². The number of esters is 1. The number of aryl methyl sites for hydroxylation is 2. The molecule has 0 aliphatic heterocycles. The van der Waals surface area contributed by atoms with Crippen molar-refractivity contribution in [3.8, 4) is 16.5 Å². The van der Waals surface area contributed by atoms with E-state index in [-0.39, 0.29) is 6.61 Å². The maximum absolute atomic E-state index is 12.4. The van der Waals surface area contributed by atoms with Crippen LogP contribution < -0.4 is 4.74 Å². The Morgan fingerprint density at radius 1 is 1.17 bits per heavy atom. The molecule has 3 aromatic heterocycles. The molecule has 0 N–H and O–H groups in total. The van der Waals surface area contributed by atoms with Gasteiger partial charge in [-0.25, -0.2) is 9.78 Å². The summed E-state index contributed by atoms with van der Waals surface area (Å²) in [6, 6.07) is 10.7. The van der Waals surface area contributed by atoms with E-state index in [0.717, 1.165) is 16.1 Å². The highest BCUT2D eigenvalue weighted by Crippen LogP contribution is 2.24. The Morgan fingerprint density at radius 3 is 2.83 bits per heavy atom. The molecule has 1 aromatic carbocycles. The summed E-state index contributed by atoms with van der Waals surface area (Å²) in [6.45, 7) is 4.03. The van der Waals surface area contributed by atoms with Gasteiger partial charge in [-0.05, 0) is 43.5 Å². The van der Waals surface area contributed by atoms with Crippen LogP contribution in [0.2, 0.25) is 0 Å². The molecule has 3 heterocycles. The Balaban J connectivity index is 1.36. The number of aromatic nitrogens is 2. The molecule has 0 aliphatic carbocycles. The van der Waals surface area contributed by atoms with Crippen molar-refractivity contribution in [1.82, 2.24) is 10.1 Å². The minimum Gasteiger partial charge on any atom is -0.489 e. The number of hydrogen-bond donors (Lipinski definition) is 0. The van der Waals surface area contributed by atoms with Crippen molar-refractivity contribution < 1.29 is 23.2 Å². The predicted molar refractivity (Wildman–Crippen MR) is 106 cm³/mol. The van der Waals surface area contributed by atoms with Gasteiger partial charge < -0.3 is 18.4 Å². The van der Waals surface area contributed by atoms with Gasteiger partial charge in [0.05, 0.1) is 21.7 Å². The molecule has 0 amide bonds. The third-order valence-corrected chi connectivity index (χ3v) is 5.13. The van der Waals surface area contributed by atoms with Crippen LogP contribution >= 0.6 is 11.3 Å². The minimum absolute atomic E-state index is 0.0257. The van der Waals surface area contributed by atoms with Crippen LogP contribution in [0.15, 0.2) is 57.0 Å². The third-order valence-electron chi connectivity index (χ3n) is 4.27. The van der Waals surface area contributed by atoms with Crippen molar-refractivity contribution >= 4 is 17.3 Å². The highest BCUT2D eigenvalue weighted by atomic mass is 32.1. The summed E-state index contributed by atoms with van der Waals surface area (Å²) in [7, 11) is 0. The normalized spacial score (nSPS) is 10.8. The molecule has 0 unspecified atom stereocenters. The lowest BCUT2D eigenvalue weighted by Gasteiger charge is -2.08. The van der Waals surface area contributed by atoms with E-state index in [0.29, 0.717) is 35.3 Å². The second kappa shape index (κ2) is 8.32. The van der Waals surface area contributed by atoms with E-state index in [9.17, 15) is 4.79 Å². The van der Waals surface area contributed by atoms with Crippen LogP contribution in [0.1, 0.15) is 33.1 Å². The van der Waals surface area contributed by atoms with Crippen molar-refractivity contribution in [1.29, 1.82) is 0 Å². The molecule has 29 heavy (non-hydrogen) atoms. The van der Waals surface area contributed by atoms with Gasteiger partial charge in [-0.2, -0.15) is 0 Å². The Labute approximate surface area is 170 Å². The molecule has 0 spiro atoms. The molecule has 0 saturated carbocycles. The van der Waals surface area contributed by atoms with Crippen LogP contribution in [0.3, 0.4) is 0 Å². The zero-order chi connectivity index (χ0) is 20.2. The molecule has 4 rings (SSSR count). The van der Waals surface area contributed by atoms with Gasteiger partial charge in [0.2, 0.25) is 5.89 Å². The van der Waals surface area contributed by atoms with Crippen molar-refractivity contribution in [2.24, 2.45) is 0 Å². The number of carbonyl (C=O) groups excluding carboxylic acids is 1. The third kappa shape index (κ3) is 4.38. The first-order valence-corrected chi connectivity index (χ1v) is 9.78. The summed E-state index contributed by atoms with van der Waals surface area (Å²) in [5, 5.41) is 5.85. The van der Waals surface area contributed by atoms with Gasteiger partial charge in [0.25, 0.3) is 0 Å². The highest BCUT2D eigenvalue weighted by molar-refractivity contribution is 7.13. The van der Waals surface area contributed by atoms with E-state index in [1.54, 1.807) is 24.3 Å². The number of oxazole rings is 1. The Morgan fingerprint density at radius 2 is 2.07 bits per heavy atom. The van der Waals surface area contributed by atoms with Crippen LogP contribution in [0.5, 0.6) is 5.75 Å². The molecular weight excluding hydrogens is 392 g/mol. The van der Waals surface area contributed by atoms with Crippen LogP contribution in [-0.4, -0.2) is 16.1 Å². The second-order valence-electron chi connectivity index (χ2n) is 6.32. The fraction of sp³-hybridized carbons (Fsp3) is 0.190. The summed E-state index contributed by atoms with van der Waals surface area (Å²) in [5.41, 5.74) is 2.62. The van der Waals surface area contributed by atoms with Gasteiger partial charge in [0.1, 0.15) is 36.7 Å². The van der Waals surface area contributed by atoms with Gasteiger partial charge in [0.15, 0.2) is 0 Å². The maximum atomic E-state index is 12.4. The first-order valence-electron chi connectivity index (χ1n) is 8.90. The molecule has 0 atom stereocenters. The number of nitrogens with zero attached hydrogens (tertiary/aromatic N) is 2. The van der Waals surface area contributed by atoms with E-state index in [4.69, 9.17) is 18.4 Å². The Hall–Kier alpha value is -3.39. The number of benzene rings is 1. The smallest absolute Gasteiger partial charge is 0.338 e. The number of carbonyl (C=O) groups is 1. The summed E-state index contributed by atoms with van der Waals surface area (Å²) in [5.74, 6) is 1.32. The summed E-state index contributed by atoms with van der Waals surface area (Å²) < 4.78 is 21.7. The quantitative estimate of drug-likeness (QED) is 0.399. The zero-order valence-corrected chi connectivity index (χ0v) is 16.7. The lowest BCUT2D eigenvalue weighted by molar-refractivity contribution is 0.0467. The largest absolute Gasteiger partial charge is 0.489 e. The Bertz CT molecular complexity index is 1090. The topological polar surface area (TPSA) is 87.6 Å². The van der Waals surface area contributed by atoms with Crippen LogP contribution in [0.25, 0.3) is 10.8 Å². The second-order valence-corrected chi connectivity index (χ2v) is 7.26. The van der Waals surface area contributed by atoms with E-state index < -0.39 is 5.97 Å².